The molecular formula is C11H10Cl3NO2. The Morgan fingerprint density at radius 3 is 2.59 bits per heavy atom. The Hall–Kier alpha value is -0.770. The van der Waals surface area contributed by atoms with E-state index in [1.54, 1.807) is 19.9 Å². The molecule has 0 aliphatic carbocycles. The second-order valence-electron chi connectivity index (χ2n) is 3.15. The quantitative estimate of drug-likeness (QED) is 0.476. The topological polar surface area (TPSA) is 38.7 Å². The van der Waals surface area contributed by atoms with Crippen LogP contribution in [0.25, 0.3) is 0 Å². The van der Waals surface area contributed by atoms with E-state index in [9.17, 15) is 4.79 Å². The first-order valence-corrected chi connectivity index (χ1v) is 5.97. The number of hydrogen-bond donors (Lipinski definition) is 0. The first kappa shape index (κ1) is 14.3. The zero-order valence-corrected chi connectivity index (χ0v) is 11.5. The normalized spacial score (nSPS) is 11.5. The second-order valence-corrected chi connectivity index (χ2v) is 4.28. The van der Waals surface area contributed by atoms with Crippen LogP contribution in [-0.4, -0.2) is 17.6 Å². The van der Waals surface area contributed by atoms with Gasteiger partial charge in [-0.2, -0.15) is 0 Å². The van der Waals surface area contributed by atoms with Gasteiger partial charge in [0.15, 0.2) is 0 Å². The molecule has 1 aromatic carbocycles. The van der Waals surface area contributed by atoms with Crippen molar-refractivity contribution in [2.24, 2.45) is 5.16 Å². The summed E-state index contributed by atoms with van der Waals surface area (Å²) in [5, 5.41) is 3.75. The molecular weight excluding hydrogens is 284 g/mol. The van der Waals surface area contributed by atoms with Gasteiger partial charge >= 0.3 is 0 Å². The maximum absolute atomic E-state index is 11.1. The molecule has 6 heteroatoms. The second kappa shape index (κ2) is 6.24. The number of oxime groups is 1. The van der Waals surface area contributed by atoms with E-state index in [0.717, 1.165) is 0 Å². The lowest BCUT2D eigenvalue weighted by molar-refractivity contribution is 0.108. The van der Waals surface area contributed by atoms with Crippen molar-refractivity contribution in [2.45, 2.75) is 13.8 Å². The Morgan fingerprint density at radius 1 is 1.41 bits per heavy atom. The minimum Gasteiger partial charge on any atom is -0.396 e. The minimum absolute atomic E-state index is 0.179. The van der Waals surface area contributed by atoms with Gasteiger partial charge in [-0.05, 0) is 37.6 Å². The van der Waals surface area contributed by atoms with Gasteiger partial charge < -0.3 is 4.84 Å². The van der Waals surface area contributed by atoms with E-state index >= 15 is 0 Å². The number of halogens is 3. The fourth-order valence-corrected chi connectivity index (χ4v) is 2.18. The lowest BCUT2D eigenvalue weighted by Crippen LogP contribution is -2.03. The van der Waals surface area contributed by atoms with E-state index in [-0.39, 0.29) is 10.6 Å². The summed E-state index contributed by atoms with van der Waals surface area (Å²) in [6.07, 6.45) is 0. The predicted molar refractivity (Wildman–Crippen MR) is 70.5 cm³/mol. The van der Waals surface area contributed by atoms with Gasteiger partial charge in [-0.1, -0.05) is 28.4 Å². The molecule has 1 rings (SSSR count). The maximum atomic E-state index is 11.1. The van der Waals surface area contributed by atoms with E-state index < -0.39 is 5.24 Å². The van der Waals surface area contributed by atoms with Gasteiger partial charge in [-0.3, -0.25) is 4.79 Å². The first-order valence-electron chi connectivity index (χ1n) is 4.83. The summed E-state index contributed by atoms with van der Waals surface area (Å²) >= 11 is 17.5. The third-order valence-corrected chi connectivity index (χ3v) is 2.91. The minimum atomic E-state index is -0.642. The van der Waals surface area contributed by atoms with Crippen molar-refractivity contribution in [3.8, 4) is 0 Å². The lowest BCUT2D eigenvalue weighted by atomic mass is 10.1. The average molecular weight is 295 g/mol. The standard InChI is InChI=1S/C11H10Cl3NO2/c1-3-17-15-6(2)9-8(12)5-4-7(10(9)13)11(14)16/h4-5H,3H2,1-2H3. The highest BCUT2D eigenvalue weighted by Crippen LogP contribution is 2.29. The molecule has 0 spiro atoms. The van der Waals surface area contributed by atoms with Gasteiger partial charge in [0.05, 0.1) is 21.3 Å². The van der Waals surface area contributed by atoms with Crippen LogP contribution in [0, 0.1) is 0 Å². The van der Waals surface area contributed by atoms with E-state index in [1.807, 2.05) is 0 Å². The van der Waals surface area contributed by atoms with Crippen LogP contribution >= 0.6 is 34.8 Å². The van der Waals surface area contributed by atoms with Crippen LogP contribution in [0.1, 0.15) is 29.8 Å². The van der Waals surface area contributed by atoms with Crippen molar-refractivity contribution in [2.75, 3.05) is 6.61 Å². The average Bonchev–Trinajstić information content (AvgIpc) is 2.25. The Labute approximate surface area is 114 Å². The fourth-order valence-electron chi connectivity index (χ4n) is 1.24. The van der Waals surface area contributed by atoms with Crippen LogP contribution in [0.2, 0.25) is 10.0 Å². The number of nitrogens with zero attached hydrogens (tertiary/aromatic N) is 1. The molecule has 0 N–H and O–H groups in total. The molecule has 0 aliphatic heterocycles. The van der Waals surface area contributed by atoms with Crippen molar-refractivity contribution in [1.82, 2.24) is 0 Å². The van der Waals surface area contributed by atoms with Gasteiger partial charge in [0.2, 0.25) is 0 Å². The first-order chi connectivity index (χ1) is 7.99. The molecule has 1 aromatic rings. The molecule has 0 aromatic heterocycles. The molecule has 0 atom stereocenters. The van der Waals surface area contributed by atoms with E-state index in [4.69, 9.17) is 39.6 Å². The third kappa shape index (κ3) is 3.35. The zero-order valence-electron chi connectivity index (χ0n) is 9.26. The largest absolute Gasteiger partial charge is 0.396 e. The van der Waals surface area contributed by atoms with Crippen LogP contribution < -0.4 is 0 Å². The van der Waals surface area contributed by atoms with E-state index in [1.165, 1.54) is 6.07 Å². The van der Waals surface area contributed by atoms with Gasteiger partial charge in [-0.15, -0.1) is 0 Å². The summed E-state index contributed by atoms with van der Waals surface area (Å²) in [6.45, 7) is 3.92. The highest BCUT2D eigenvalue weighted by molar-refractivity contribution is 6.69. The number of hydrogen-bond acceptors (Lipinski definition) is 3. The number of carbonyl (C=O) groups is 1. The summed E-state index contributed by atoms with van der Waals surface area (Å²) in [7, 11) is 0. The molecule has 0 aliphatic rings. The molecule has 0 amide bonds. The molecule has 0 heterocycles. The molecule has 0 saturated heterocycles. The summed E-state index contributed by atoms with van der Waals surface area (Å²) < 4.78 is 0. The van der Waals surface area contributed by atoms with Crippen LogP contribution in [-0.2, 0) is 4.84 Å². The smallest absolute Gasteiger partial charge is 0.253 e. The van der Waals surface area contributed by atoms with Crippen LogP contribution in [0.15, 0.2) is 17.3 Å². The molecule has 92 valence electrons. The fraction of sp³-hybridized carbons (Fsp3) is 0.273. The van der Waals surface area contributed by atoms with Gasteiger partial charge in [0.1, 0.15) is 6.61 Å². The summed E-state index contributed by atoms with van der Waals surface area (Å²) in [5.74, 6) is 0. The molecule has 17 heavy (non-hydrogen) atoms. The van der Waals surface area contributed by atoms with Gasteiger partial charge in [-0.25, -0.2) is 0 Å². The zero-order chi connectivity index (χ0) is 13.0. The van der Waals surface area contributed by atoms with E-state index in [0.29, 0.717) is 22.9 Å². The molecule has 0 radical (unpaired) electrons. The summed E-state index contributed by atoms with van der Waals surface area (Å²) in [5.41, 5.74) is 1.13. The molecule has 0 unspecified atom stereocenters. The molecule has 3 nitrogen and oxygen atoms in total. The number of rotatable bonds is 4. The monoisotopic (exact) mass is 293 g/mol. The lowest BCUT2D eigenvalue weighted by Gasteiger charge is -2.08. The van der Waals surface area contributed by atoms with Gasteiger partial charge in [0, 0.05) is 5.56 Å². The SMILES string of the molecule is CCON=C(C)c1c(Cl)ccc(C(=O)Cl)c1Cl. The van der Waals surface area contributed by atoms with Crippen LogP contribution in [0.4, 0.5) is 0 Å². The van der Waals surface area contributed by atoms with Crippen molar-refractivity contribution >= 4 is 45.8 Å². The molecule has 0 bridgehead atoms. The third-order valence-electron chi connectivity index (χ3n) is 2.00. The highest BCUT2D eigenvalue weighted by atomic mass is 35.5. The molecule has 0 saturated carbocycles. The van der Waals surface area contributed by atoms with Gasteiger partial charge in [0.25, 0.3) is 5.24 Å². The Bertz CT molecular complexity index is 472. The van der Waals surface area contributed by atoms with Crippen LogP contribution in [0.3, 0.4) is 0 Å². The predicted octanol–water partition coefficient (Wildman–Crippen LogP) is 4.13. The van der Waals surface area contributed by atoms with Crippen molar-refractivity contribution in [3.05, 3.63) is 33.3 Å². The van der Waals surface area contributed by atoms with E-state index in [2.05, 4.69) is 5.16 Å². The van der Waals surface area contributed by atoms with Crippen LogP contribution in [0.5, 0.6) is 0 Å². The Kier molecular flexibility index (Phi) is 5.25. The number of benzene rings is 1. The summed E-state index contributed by atoms with van der Waals surface area (Å²) in [6, 6.07) is 3.01. The molecule has 0 fully saturated rings. The van der Waals surface area contributed by atoms with Crippen molar-refractivity contribution in [1.29, 1.82) is 0 Å². The van der Waals surface area contributed by atoms with Crippen molar-refractivity contribution < 1.29 is 9.63 Å². The summed E-state index contributed by atoms with van der Waals surface area (Å²) in [4.78, 5) is 16.0. The Morgan fingerprint density at radius 2 is 2.06 bits per heavy atom. The highest BCUT2D eigenvalue weighted by Gasteiger charge is 2.17. The Balaban J connectivity index is 3.32. The van der Waals surface area contributed by atoms with Crippen molar-refractivity contribution in [3.63, 3.8) is 0 Å². The maximum Gasteiger partial charge on any atom is 0.253 e. The number of carbonyl (C=O) groups excluding carboxylic acids is 1.